The van der Waals surface area contributed by atoms with E-state index in [9.17, 15) is 13.2 Å². The average Bonchev–Trinajstić information content (AvgIpc) is 3.35. The standard InChI is InChI=1S/C20H25N5O3S2/c1-13(2)24-11-18(21-12-24)30(27,28)25-8-4-5-15(10-25)19(26)23-20-22-16-7-6-14(3)9-17(16)29-20/h6-7,9,11-13,15H,4-5,8,10H2,1-3H3,(H,22,23,26)/t15-/m1/s1. The second kappa shape index (κ2) is 8.09. The molecule has 1 aromatic carbocycles. The van der Waals surface area contributed by atoms with Gasteiger partial charge in [0.1, 0.15) is 0 Å². The van der Waals surface area contributed by atoms with E-state index in [0.29, 0.717) is 24.5 Å². The smallest absolute Gasteiger partial charge is 0.262 e. The summed E-state index contributed by atoms with van der Waals surface area (Å²) in [6, 6.07) is 6.08. The van der Waals surface area contributed by atoms with E-state index < -0.39 is 15.9 Å². The molecule has 1 saturated heterocycles. The summed E-state index contributed by atoms with van der Waals surface area (Å²) in [4.78, 5) is 21.4. The van der Waals surface area contributed by atoms with E-state index in [1.807, 2.05) is 39.0 Å². The van der Waals surface area contributed by atoms with Gasteiger partial charge in [-0.1, -0.05) is 17.4 Å². The fourth-order valence-electron chi connectivity index (χ4n) is 3.53. The van der Waals surface area contributed by atoms with E-state index in [2.05, 4.69) is 15.3 Å². The maximum absolute atomic E-state index is 13.0. The van der Waals surface area contributed by atoms with Gasteiger partial charge in [0, 0.05) is 25.3 Å². The van der Waals surface area contributed by atoms with Gasteiger partial charge in [0.2, 0.25) is 5.91 Å². The summed E-state index contributed by atoms with van der Waals surface area (Å²) in [5.41, 5.74) is 1.98. The number of aromatic nitrogens is 3. The summed E-state index contributed by atoms with van der Waals surface area (Å²) < 4.78 is 30.2. The van der Waals surface area contributed by atoms with Crippen molar-refractivity contribution in [2.45, 2.75) is 44.7 Å². The molecule has 0 bridgehead atoms. The number of nitrogens with one attached hydrogen (secondary N) is 1. The molecule has 1 atom stereocenters. The number of carbonyl (C=O) groups excluding carboxylic acids is 1. The van der Waals surface area contributed by atoms with Crippen LogP contribution in [0.1, 0.15) is 38.3 Å². The van der Waals surface area contributed by atoms with Gasteiger partial charge in [-0.05, 0) is 51.3 Å². The molecule has 1 fully saturated rings. The van der Waals surface area contributed by atoms with E-state index in [1.165, 1.54) is 22.0 Å². The first-order valence-corrected chi connectivity index (χ1v) is 12.2. The zero-order valence-corrected chi connectivity index (χ0v) is 18.8. The molecule has 1 aliphatic rings. The maximum Gasteiger partial charge on any atom is 0.262 e. The molecule has 0 spiro atoms. The number of carbonyl (C=O) groups is 1. The second-order valence-corrected chi connectivity index (χ2v) is 10.8. The van der Waals surface area contributed by atoms with Gasteiger partial charge in [0.05, 0.1) is 22.5 Å². The lowest BCUT2D eigenvalue weighted by Gasteiger charge is -2.30. The number of rotatable bonds is 5. The lowest BCUT2D eigenvalue weighted by Crippen LogP contribution is -2.43. The Balaban J connectivity index is 1.47. The Hall–Kier alpha value is -2.30. The molecule has 2 aromatic heterocycles. The first kappa shape index (κ1) is 21.0. The largest absolute Gasteiger partial charge is 0.334 e. The summed E-state index contributed by atoms with van der Waals surface area (Å²) in [5, 5.41) is 3.44. The summed E-state index contributed by atoms with van der Waals surface area (Å²) in [6.45, 7) is 6.47. The number of aryl methyl sites for hydroxylation is 1. The first-order chi connectivity index (χ1) is 14.2. The molecular formula is C20H25N5O3S2. The van der Waals surface area contributed by atoms with Crippen LogP contribution >= 0.6 is 11.3 Å². The molecule has 3 aromatic rings. The summed E-state index contributed by atoms with van der Waals surface area (Å²) in [7, 11) is -3.73. The molecule has 0 unspecified atom stereocenters. The van der Waals surface area contributed by atoms with Gasteiger partial charge >= 0.3 is 0 Å². The molecule has 4 rings (SSSR count). The van der Waals surface area contributed by atoms with Crippen molar-refractivity contribution in [2.75, 3.05) is 18.4 Å². The van der Waals surface area contributed by atoms with E-state index in [0.717, 1.165) is 15.8 Å². The number of hydrogen-bond donors (Lipinski definition) is 1. The summed E-state index contributed by atoms with van der Waals surface area (Å²) in [5.74, 6) is -0.618. The van der Waals surface area contributed by atoms with Crippen molar-refractivity contribution < 1.29 is 13.2 Å². The van der Waals surface area contributed by atoms with Crippen molar-refractivity contribution in [1.29, 1.82) is 0 Å². The number of sulfonamides is 1. The second-order valence-electron chi connectivity index (χ2n) is 7.93. The Labute approximate surface area is 180 Å². The third kappa shape index (κ3) is 4.12. The van der Waals surface area contributed by atoms with Crippen LogP contribution in [0.5, 0.6) is 0 Å². The number of fused-ring (bicyclic) bond motifs is 1. The van der Waals surface area contributed by atoms with Crippen LogP contribution in [0, 0.1) is 12.8 Å². The Kier molecular flexibility index (Phi) is 5.65. The van der Waals surface area contributed by atoms with Crippen LogP contribution in [0.15, 0.2) is 35.7 Å². The Morgan fingerprint density at radius 3 is 2.87 bits per heavy atom. The van der Waals surface area contributed by atoms with Crippen LogP contribution < -0.4 is 5.32 Å². The average molecular weight is 448 g/mol. The third-order valence-electron chi connectivity index (χ3n) is 5.31. The van der Waals surface area contributed by atoms with Crippen LogP contribution in [0.3, 0.4) is 0 Å². The first-order valence-electron chi connectivity index (χ1n) is 9.96. The maximum atomic E-state index is 13.0. The SMILES string of the molecule is Cc1ccc2nc(NC(=O)[C@@H]3CCCN(S(=O)(=O)c4cn(C(C)C)cn4)C3)sc2c1. The van der Waals surface area contributed by atoms with Crippen molar-refractivity contribution in [1.82, 2.24) is 18.8 Å². The van der Waals surface area contributed by atoms with Crippen molar-refractivity contribution in [2.24, 2.45) is 5.92 Å². The fourth-order valence-corrected chi connectivity index (χ4v) is 5.95. The summed E-state index contributed by atoms with van der Waals surface area (Å²) in [6.07, 6.45) is 4.34. The number of thiazole rings is 1. The molecule has 8 nitrogen and oxygen atoms in total. The molecule has 0 saturated carbocycles. The quantitative estimate of drug-likeness (QED) is 0.646. The van der Waals surface area contributed by atoms with Crippen molar-refractivity contribution in [3.8, 4) is 0 Å². The molecule has 1 aliphatic heterocycles. The Morgan fingerprint density at radius 2 is 2.13 bits per heavy atom. The number of hydrogen-bond acceptors (Lipinski definition) is 6. The number of piperidine rings is 1. The minimum absolute atomic E-state index is 0.0267. The van der Waals surface area contributed by atoms with Crippen molar-refractivity contribution in [3.05, 3.63) is 36.3 Å². The normalized spacial score (nSPS) is 18.2. The Morgan fingerprint density at radius 1 is 1.33 bits per heavy atom. The highest BCUT2D eigenvalue weighted by molar-refractivity contribution is 7.89. The molecule has 0 aliphatic carbocycles. The van der Waals surface area contributed by atoms with Crippen LogP contribution in [-0.4, -0.2) is 46.3 Å². The van der Waals surface area contributed by atoms with Crippen molar-refractivity contribution >= 4 is 42.6 Å². The number of benzene rings is 1. The minimum atomic E-state index is -3.73. The molecule has 160 valence electrons. The van der Waals surface area contributed by atoms with Crippen LogP contribution in [0.2, 0.25) is 0 Å². The van der Waals surface area contributed by atoms with E-state index in [4.69, 9.17) is 0 Å². The highest BCUT2D eigenvalue weighted by atomic mass is 32.2. The monoisotopic (exact) mass is 447 g/mol. The van der Waals surface area contributed by atoms with Gasteiger partial charge in [-0.25, -0.2) is 18.4 Å². The molecule has 0 radical (unpaired) electrons. The molecule has 3 heterocycles. The zero-order valence-electron chi connectivity index (χ0n) is 17.2. The molecular weight excluding hydrogens is 422 g/mol. The number of anilines is 1. The van der Waals surface area contributed by atoms with Gasteiger partial charge in [0.15, 0.2) is 10.2 Å². The van der Waals surface area contributed by atoms with E-state index in [-0.39, 0.29) is 23.5 Å². The van der Waals surface area contributed by atoms with Gasteiger partial charge < -0.3 is 9.88 Å². The molecule has 1 amide bonds. The van der Waals surface area contributed by atoms with Gasteiger partial charge in [-0.2, -0.15) is 4.31 Å². The highest BCUT2D eigenvalue weighted by Crippen LogP contribution is 2.29. The predicted molar refractivity (Wildman–Crippen MR) is 117 cm³/mol. The number of nitrogens with zero attached hydrogens (tertiary/aromatic N) is 4. The topological polar surface area (TPSA) is 97.2 Å². The summed E-state index contributed by atoms with van der Waals surface area (Å²) >= 11 is 1.42. The van der Waals surface area contributed by atoms with Crippen LogP contribution in [0.25, 0.3) is 10.2 Å². The minimum Gasteiger partial charge on any atom is -0.334 e. The molecule has 1 N–H and O–H groups in total. The van der Waals surface area contributed by atoms with Crippen molar-refractivity contribution in [3.63, 3.8) is 0 Å². The van der Waals surface area contributed by atoms with E-state index in [1.54, 1.807) is 10.8 Å². The van der Waals surface area contributed by atoms with E-state index >= 15 is 0 Å². The lowest BCUT2D eigenvalue weighted by molar-refractivity contribution is -0.120. The number of amides is 1. The fraction of sp³-hybridized carbons (Fsp3) is 0.450. The molecule has 30 heavy (non-hydrogen) atoms. The van der Waals surface area contributed by atoms with Crippen LogP contribution in [-0.2, 0) is 14.8 Å². The van der Waals surface area contributed by atoms with Gasteiger partial charge in [-0.3, -0.25) is 4.79 Å². The zero-order chi connectivity index (χ0) is 21.5. The predicted octanol–water partition coefficient (Wildman–Crippen LogP) is 3.42. The van der Waals surface area contributed by atoms with Crippen LogP contribution in [0.4, 0.5) is 5.13 Å². The highest BCUT2D eigenvalue weighted by Gasteiger charge is 2.34. The van der Waals surface area contributed by atoms with Gasteiger partial charge in [-0.15, -0.1) is 0 Å². The molecule has 10 heteroatoms. The lowest BCUT2D eigenvalue weighted by atomic mass is 9.99. The van der Waals surface area contributed by atoms with Gasteiger partial charge in [0.25, 0.3) is 10.0 Å². The third-order valence-corrected chi connectivity index (χ3v) is 7.99. The Bertz CT molecular complexity index is 1180. The number of imidazole rings is 1.